The molecule has 0 aliphatic carbocycles. The third-order valence-corrected chi connectivity index (χ3v) is 5.35. The summed E-state index contributed by atoms with van der Waals surface area (Å²) in [6.07, 6.45) is 1.64. The summed E-state index contributed by atoms with van der Waals surface area (Å²) in [6, 6.07) is 9.91. The van der Waals surface area contributed by atoms with E-state index in [-0.39, 0.29) is 5.02 Å². The summed E-state index contributed by atoms with van der Waals surface area (Å²) in [5, 5.41) is 0.223. The van der Waals surface area contributed by atoms with Crippen LogP contribution in [-0.2, 0) is 4.79 Å². The Morgan fingerprint density at radius 1 is 1.07 bits per heavy atom. The number of methoxy groups -OCH3 is 1. The maximum atomic E-state index is 12.7. The van der Waals surface area contributed by atoms with Gasteiger partial charge in [0.2, 0.25) is 0 Å². The molecule has 1 aliphatic rings. The third kappa shape index (κ3) is 4.08. The Morgan fingerprint density at radius 3 is 2.52 bits per heavy atom. The maximum absolute atomic E-state index is 12.7. The van der Waals surface area contributed by atoms with Gasteiger partial charge in [0.1, 0.15) is 0 Å². The predicted octanol–water partition coefficient (Wildman–Crippen LogP) is 5.64. The number of benzene rings is 2. The van der Waals surface area contributed by atoms with E-state index >= 15 is 0 Å². The van der Waals surface area contributed by atoms with Crippen molar-refractivity contribution >= 4 is 57.9 Å². The normalized spacial score (nSPS) is 15.6. The zero-order valence-electron chi connectivity index (χ0n) is 14.5. The smallest absolute Gasteiger partial charge is 0.298 e. The molecule has 1 heterocycles. The highest BCUT2D eigenvalue weighted by atomic mass is 35.5. The van der Waals surface area contributed by atoms with E-state index in [4.69, 9.17) is 32.7 Å². The molecule has 1 saturated heterocycles. The minimum Gasteiger partial charge on any atom is -0.493 e. The van der Waals surface area contributed by atoms with Crippen molar-refractivity contribution in [2.24, 2.45) is 0 Å². The molecule has 8 heteroatoms. The van der Waals surface area contributed by atoms with Gasteiger partial charge in [-0.15, -0.1) is 0 Å². The molecule has 0 unspecified atom stereocenters. The van der Waals surface area contributed by atoms with Crippen LogP contribution < -0.4 is 14.4 Å². The molecule has 0 aromatic heterocycles. The van der Waals surface area contributed by atoms with Gasteiger partial charge >= 0.3 is 0 Å². The van der Waals surface area contributed by atoms with Crippen LogP contribution in [0.3, 0.4) is 0 Å². The molecule has 2 amide bonds. The second kappa shape index (κ2) is 8.25. The van der Waals surface area contributed by atoms with E-state index < -0.39 is 11.1 Å². The number of halogens is 2. The van der Waals surface area contributed by atoms with Gasteiger partial charge in [-0.2, -0.15) is 0 Å². The molecule has 3 rings (SSSR count). The standard InChI is InChI=1S/C19H15Cl2NO4S/c1-3-26-15-7-4-11(8-16(15)25-2)9-17-18(23)22(19(24)27-17)12-5-6-13(20)14(21)10-12/h4-10H,3H2,1-2H3/b17-9-. The quantitative estimate of drug-likeness (QED) is 0.582. The van der Waals surface area contributed by atoms with Crippen molar-refractivity contribution in [3.63, 3.8) is 0 Å². The molecule has 0 N–H and O–H groups in total. The Balaban J connectivity index is 1.91. The molecule has 140 valence electrons. The van der Waals surface area contributed by atoms with Gasteiger partial charge in [0, 0.05) is 0 Å². The van der Waals surface area contributed by atoms with Crippen LogP contribution in [0.25, 0.3) is 6.08 Å². The highest BCUT2D eigenvalue weighted by molar-refractivity contribution is 8.19. The monoisotopic (exact) mass is 423 g/mol. The number of imide groups is 1. The number of anilines is 1. The van der Waals surface area contributed by atoms with Crippen molar-refractivity contribution < 1.29 is 19.1 Å². The lowest BCUT2D eigenvalue weighted by atomic mass is 10.2. The molecule has 0 saturated carbocycles. The molecule has 2 aromatic carbocycles. The van der Waals surface area contributed by atoms with Crippen LogP contribution in [0.15, 0.2) is 41.3 Å². The topological polar surface area (TPSA) is 55.8 Å². The van der Waals surface area contributed by atoms with Crippen LogP contribution in [-0.4, -0.2) is 24.9 Å². The average Bonchev–Trinajstić information content (AvgIpc) is 2.92. The summed E-state index contributed by atoms with van der Waals surface area (Å²) in [4.78, 5) is 26.5. The first-order valence-corrected chi connectivity index (χ1v) is 9.55. The molecular weight excluding hydrogens is 409 g/mol. The molecule has 1 aliphatic heterocycles. The van der Waals surface area contributed by atoms with E-state index in [1.165, 1.54) is 6.07 Å². The summed E-state index contributed by atoms with van der Waals surface area (Å²) >= 11 is 12.8. The Hall–Kier alpha value is -2.15. The van der Waals surface area contributed by atoms with Crippen molar-refractivity contribution in [2.45, 2.75) is 6.92 Å². The molecule has 0 atom stereocenters. The number of rotatable bonds is 5. The first kappa shape index (κ1) is 19.6. The zero-order valence-corrected chi connectivity index (χ0v) is 16.8. The molecule has 5 nitrogen and oxygen atoms in total. The van der Waals surface area contributed by atoms with Gasteiger partial charge in [-0.25, -0.2) is 4.90 Å². The number of hydrogen-bond donors (Lipinski definition) is 0. The van der Waals surface area contributed by atoms with Crippen molar-refractivity contribution in [2.75, 3.05) is 18.6 Å². The molecule has 1 fully saturated rings. The Bertz CT molecular complexity index is 945. The number of carbonyl (C=O) groups is 2. The molecule has 0 spiro atoms. The van der Waals surface area contributed by atoms with E-state index in [2.05, 4.69) is 0 Å². The van der Waals surface area contributed by atoms with Crippen LogP contribution in [0, 0.1) is 0 Å². The van der Waals surface area contributed by atoms with Crippen molar-refractivity contribution in [1.82, 2.24) is 0 Å². The summed E-state index contributed by atoms with van der Waals surface area (Å²) in [5.74, 6) is 0.742. The van der Waals surface area contributed by atoms with Gasteiger partial charge in [-0.05, 0) is 60.7 Å². The van der Waals surface area contributed by atoms with E-state index in [0.717, 1.165) is 22.2 Å². The number of hydrogen-bond acceptors (Lipinski definition) is 5. The zero-order chi connectivity index (χ0) is 19.6. The fourth-order valence-electron chi connectivity index (χ4n) is 2.51. The highest BCUT2D eigenvalue weighted by Gasteiger charge is 2.36. The van der Waals surface area contributed by atoms with Crippen molar-refractivity contribution in [1.29, 1.82) is 0 Å². The minimum atomic E-state index is -0.420. The van der Waals surface area contributed by atoms with E-state index in [0.29, 0.717) is 33.7 Å². The minimum absolute atomic E-state index is 0.272. The Morgan fingerprint density at radius 2 is 1.85 bits per heavy atom. The summed E-state index contributed by atoms with van der Waals surface area (Å²) in [6.45, 7) is 2.39. The average molecular weight is 424 g/mol. The van der Waals surface area contributed by atoms with Gasteiger partial charge in [-0.3, -0.25) is 9.59 Å². The van der Waals surface area contributed by atoms with Gasteiger partial charge < -0.3 is 9.47 Å². The molecule has 0 bridgehead atoms. The first-order chi connectivity index (χ1) is 12.9. The summed E-state index contributed by atoms with van der Waals surface area (Å²) in [5.41, 5.74) is 1.09. The van der Waals surface area contributed by atoms with Crippen molar-refractivity contribution in [3.05, 3.63) is 56.9 Å². The Kier molecular flexibility index (Phi) is 5.99. The van der Waals surface area contributed by atoms with Gasteiger partial charge in [0.15, 0.2) is 11.5 Å². The van der Waals surface area contributed by atoms with E-state index in [1.54, 1.807) is 43.5 Å². The number of nitrogens with zero attached hydrogens (tertiary/aromatic N) is 1. The van der Waals surface area contributed by atoms with Crippen LogP contribution in [0.5, 0.6) is 11.5 Å². The fourth-order valence-corrected chi connectivity index (χ4v) is 3.65. The Labute approximate surface area is 170 Å². The molecule has 27 heavy (non-hydrogen) atoms. The number of ether oxygens (including phenoxy) is 2. The van der Waals surface area contributed by atoms with Gasteiger partial charge in [0.05, 0.1) is 34.4 Å². The summed E-state index contributed by atoms with van der Waals surface area (Å²) < 4.78 is 10.8. The second-order valence-corrected chi connectivity index (χ2v) is 7.27. The predicted molar refractivity (Wildman–Crippen MR) is 109 cm³/mol. The van der Waals surface area contributed by atoms with Crippen LogP contribution in [0.1, 0.15) is 12.5 Å². The van der Waals surface area contributed by atoms with Gasteiger partial charge in [-0.1, -0.05) is 29.3 Å². The van der Waals surface area contributed by atoms with Crippen LogP contribution in [0.2, 0.25) is 10.0 Å². The lowest BCUT2D eigenvalue weighted by Crippen LogP contribution is -2.27. The number of amides is 2. The number of thioether (sulfide) groups is 1. The van der Waals surface area contributed by atoms with Crippen molar-refractivity contribution in [3.8, 4) is 11.5 Å². The maximum Gasteiger partial charge on any atom is 0.298 e. The lowest BCUT2D eigenvalue weighted by molar-refractivity contribution is -0.113. The summed E-state index contributed by atoms with van der Waals surface area (Å²) in [7, 11) is 1.54. The van der Waals surface area contributed by atoms with E-state index in [9.17, 15) is 9.59 Å². The molecule has 2 aromatic rings. The molecular formula is C19H15Cl2NO4S. The largest absolute Gasteiger partial charge is 0.493 e. The SMILES string of the molecule is CCOc1ccc(/C=C2\SC(=O)N(c3ccc(Cl)c(Cl)c3)C2=O)cc1OC. The second-order valence-electron chi connectivity index (χ2n) is 5.46. The fraction of sp³-hybridized carbons (Fsp3) is 0.158. The highest BCUT2D eigenvalue weighted by Crippen LogP contribution is 2.38. The van der Waals surface area contributed by atoms with Gasteiger partial charge in [0.25, 0.3) is 11.1 Å². The van der Waals surface area contributed by atoms with Crippen LogP contribution >= 0.6 is 35.0 Å². The van der Waals surface area contributed by atoms with E-state index in [1.807, 2.05) is 6.92 Å². The third-order valence-electron chi connectivity index (χ3n) is 3.74. The van der Waals surface area contributed by atoms with Crippen LogP contribution in [0.4, 0.5) is 10.5 Å². The lowest BCUT2D eigenvalue weighted by Gasteiger charge is -2.13. The molecule has 0 radical (unpaired) electrons. The number of carbonyl (C=O) groups excluding carboxylic acids is 2. The first-order valence-electron chi connectivity index (χ1n) is 7.98.